The van der Waals surface area contributed by atoms with Crippen LogP contribution in [0.5, 0.6) is 0 Å². The van der Waals surface area contributed by atoms with Crippen molar-refractivity contribution in [2.75, 3.05) is 23.7 Å². The fourth-order valence-corrected chi connectivity index (χ4v) is 1.88. The molecular weight excluding hydrogens is 224 g/mol. The highest BCUT2D eigenvalue weighted by atomic mass is 16.6. The van der Waals surface area contributed by atoms with Gasteiger partial charge in [-0.05, 0) is 34.7 Å². The smallest absolute Gasteiger partial charge is 0.285 e. The van der Waals surface area contributed by atoms with Crippen molar-refractivity contribution >= 4 is 11.8 Å². The zero-order valence-corrected chi connectivity index (χ0v) is 9.17. The van der Waals surface area contributed by atoms with Crippen LogP contribution in [0.2, 0.25) is 0 Å². The lowest BCUT2D eigenvalue weighted by molar-refractivity contribution is 0.308. The predicted molar refractivity (Wildman–Crippen MR) is 58.1 cm³/mol. The van der Waals surface area contributed by atoms with Gasteiger partial charge < -0.3 is 15.2 Å². The van der Waals surface area contributed by atoms with Crippen molar-refractivity contribution in [1.82, 2.24) is 20.5 Å². The number of aromatic nitrogens is 4. The average Bonchev–Trinajstić information content (AvgIpc) is 2.98. The summed E-state index contributed by atoms with van der Waals surface area (Å²) in [4.78, 5) is 6.33. The van der Waals surface area contributed by atoms with Gasteiger partial charge in [-0.3, -0.25) is 0 Å². The predicted octanol–water partition coefficient (Wildman–Crippen LogP) is 0.692. The minimum Gasteiger partial charge on any atom is -0.379 e. The van der Waals surface area contributed by atoms with E-state index < -0.39 is 0 Å². The number of nitrogen functional groups attached to an aromatic ring is 1. The minimum absolute atomic E-state index is 0.152. The molecule has 90 valence electrons. The van der Waals surface area contributed by atoms with Gasteiger partial charge >= 0.3 is 0 Å². The van der Waals surface area contributed by atoms with Crippen molar-refractivity contribution < 1.29 is 9.15 Å². The molecule has 1 saturated heterocycles. The molecule has 8 nitrogen and oxygen atoms in total. The van der Waals surface area contributed by atoms with Crippen LogP contribution in [0.25, 0.3) is 11.6 Å². The fraction of sp³-hybridized carbons (Fsp3) is 0.556. The first-order chi connectivity index (χ1) is 8.34. The maximum Gasteiger partial charge on any atom is 0.285 e. The van der Waals surface area contributed by atoms with Crippen LogP contribution in [-0.4, -0.2) is 33.5 Å². The molecule has 0 amide bonds. The molecule has 0 aromatic carbocycles. The summed E-state index contributed by atoms with van der Waals surface area (Å²) in [6.45, 7) is 1.90. The number of hydrogen-bond donors (Lipinski definition) is 1. The lowest BCUT2D eigenvalue weighted by Crippen LogP contribution is -2.30. The van der Waals surface area contributed by atoms with Crippen molar-refractivity contribution in [2.45, 2.75) is 19.3 Å². The van der Waals surface area contributed by atoms with Crippen molar-refractivity contribution in [1.29, 1.82) is 0 Å². The Labute approximate surface area is 96.7 Å². The average molecular weight is 236 g/mol. The monoisotopic (exact) mass is 236 g/mol. The second-order valence-electron chi connectivity index (χ2n) is 3.95. The van der Waals surface area contributed by atoms with Crippen molar-refractivity contribution in [3.05, 3.63) is 0 Å². The second-order valence-corrected chi connectivity index (χ2v) is 3.95. The van der Waals surface area contributed by atoms with Crippen molar-refractivity contribution in [2.24, 2.45) is 0 Å². The molecule has 17 heavy (non-hydrogen) atoms. The van der Waals surface area contributed by atoms with E-state index in [4.69, 9.17) is 10.3 Å². The largest absolute Gasteiger partial charge is 0.379 e. The second kappa shape index (κ2) is 4.04. The van der Waals surface area contributed by atoms with Crippen molar-refractivity contribution in [3.63, 3.8) is 0 Å². The number of nitrogens with zero attached hydrogens (tertiary/aromatic N) is 5. The number of nitrogens with two attached hydrogens (primary N) is 1. The van der Waals surface area contributed by atoms with Gasteiger partial charge in [0.05, 0.1) is 0 Å². The van der Waals surface area contributed by atoms with E-state index in [1.807, 2.05) is 0 Å². The summed E-state index contributed by atoms with van der Waals surface area (Å²) < 4.78 is 9.59. The molecule has 2 N–H and O–H groups in total. The van der Waals surface area contributed by atoms with Gasteiger partial charge in [-0.25, -0.2) is 4.63 Å². The Bertz CT molecular complexity index is 501. The van der Waals surface area contributed by atoms with Crippen molar-refractivity contribution in [3.8, 4) is 11.6 Å². The van der Waals surface area contributed by atoms with Crippen LogP contribution in [0, 0.1) is 0 Å². The van der Waals surface area contributed by atoms with Gasteiger partial charge in [0.2, 0.25) is 11.5 Å². The Hall–Kier alpha value is -2.12. The third-order valence-corrected chi connectivity index (χ3v) is 2.77. The molecule has 2 aromatic rings. The van der Waals surface area contributed by atoms with Gasteiger partial charge in [0.25, 0.3) is 11.8 Å². The van der Waals surface area contributed by atoms with Crippen LogP contribution >= 0.6 is 0 Å². The van der Waals surface area contributed by atoms with E-state index in [0.717, 1.165) is 25.9 Å². The highest BCUT2D eigenvalue weighted by Crippen LogP contribution is 2.23. The summed E-state index contributed by atoms with van der Waals surface area (Å²) in [5.41, 5.74) is 5.84. The minimum atomic E-state index is 0.152. The molecular formula is C9H12N6O2. The van der Waals surface area contributed by atoms with E-state index in [2.05, 4.69) is 30.0 Å². The summed E-state index contributed by atoms with van der Waals surface area (Å²) in [6.07, 6.45) is 3.55. The quantitative estimate of drug-likeness (QED) is 0.811. The summed E-state index contributed by atoms with van der Waals surface area (Å²) in [7, 11) is 0. The molecule has 0 spiro atoms. The number of anilines is 2. The van der Waals surface area contributed by atoms with Crippen LogP contribution in [-0.2, 0) is 0 Å². The van der Waals surface area contributed by atoms with Gasteiger partial charge in [-0.1, -0.05) is 0 Å². The maximum atomic E-state index is 5.55. The highest BCUT2D eigenvalue weighted by Gasteiger charge is 2.21. The SMILES string of the molecule is Nc1nonc1-c1nc(N2CCCCC2)no1. The molecule has 0 atom stereocenters. The van der Waals surface area contributed by atoms with E-state index in [1.165, 1.54) is 6.42 Å². The molecule has 0 aliphatic carbocycles. The number of piperidine rings is 1. The molecule has 0 unspecified atom stereocenters. The molecule has 1 fully saturated rings. The van der Waals surface area contributed by atoms with Crippen LogP contribution in [0.3, 0.4) is 0 Å². The van der Waals surface area contributed by atoms with Crippen LogP contribution in [0.1, 0.15) is 19.3 Å². The van der Waals surface area contributed by atoms with E-state index in [9.17, 15) is 0 Å². The maximum absolute atomic E-state index is 5.55. The lowest BCUT2D eigenvalue weighted by atomic mass is 10.1. The van der Waals surface area contributed by atoms with E-state index in [1.54, 1.807) is 0 Å². The third kappa shape index (κ3) is 1.81. The van der Waals surface area contributed by atoms with Gasteiger partial charge in [0.1, 0.15) is 0 Å². The van der Waals surface area contributed by atoms with Gasteiger partial charge in [-0.15, -0.1) is 0 Å². The summed E-state index contributed by atoms with van der Waals surface area (Å²) >= 11 is 0. The van der Waals surface area contributed by atoms with E-state index >= 15 is 0 Å². The Morgan fingerprint density at radius 2 is 1.88 bits per heavy atom. The first-order valence-electron chi connectivity index (χ1n) is 5.51. The molecule has 1 aliphatic heterocycles. The topological polar surface area (TPSA) is 107 Å². The molecule has 3 rings (SSSR count). The third-order valence-electron chi connectivity index (χ3n) is 2.77. The molecule has 2 aromatic heterocycles. The zero-order valence-electron chi connectivity index (χ0n) is 9.17. The summed E-state index contributed by atoms with van der Waals surface area (Å²) in [5, 5.41) is 11.0. The Balaban J connectivity index is 1.85. The van der Waals surface area contributed by atoms with Gasteiger partial charge in [-0.2, -0.15) is 4.98 Å². The Morgan fingerprint density at radius 1 is 1.06 bits per heavy atom. The Kier molecular flexibility index (Phi) is 2.39. The van der Waals surface area contributed by atoms with Gasteiger partial charge in [0, 0.05) is 13.1 Å². The number of rotatable bonds is 2. The Morgan fingerprint density at radius 3 is 2.59 bits per heavy atom. The van der Waals surface area contributed by atoms with Crippen LogP contribution in [0.4, 0.5) is 11.8 Å². The first kappa shape index (κ1) is 10.1. The summed E-state index contributed by atoms with van der Waals surface area (Å²) in [5.74, 6) is 0.963. The van der Waals surface area contributed by atoms with E-state index in [-0.39, 0.29) is 11.7 Å². The molecule has 0 bridgehead atoms. The van der Waals surface area contributed by atoms with Gasteiger partial charge in [0.15, 0.2) is 0 Å². The summed E-state index contributed by atoms with van der Waals surface area (Å²) in [6, 6.07) is 0. The fourth-order valence-electron chi connectivity index (χ4n) is 1.88. The highest BCUT2D eigenvalue weighted by molar-refractivity contribution is 5.61. The van der Waals surface area contributed by atoms with Crippen LogP contribution in [0.15, 0.2) is 9.15 Å². The lowest BCUT2D eigenvalue weighted by Gasteiger charge is -2.24. The standard InChI is InChI=1S/C9H12N6O2/c10-7-6(12-17-13-7)8-11-9(14-16-8)15-4-2-1-3-5-15/h1-5H2,(H2,10,13). The van der Waals surface area contributed by atoms with E-state index in [0.29, 0.717) is 11.6 Å². The number of hydrogen-bond acceptors (Lipinski definition) is 8. The van der Waals surface area contributed by atoms with Crippen LogP contribution < -0.4 is 10.6 Å². The molecule has 0 saturated carbocycles. The molecule has 1 aliphatic rings. The molecule has 0 radical (unpaired) electrons. The molecule has 8 heteroatoms. The zero-order chi connectivity index (χ0) is 11.7. The normalized spacial score (nSPS) is 16.4. The first-order valence-corrected chi connectivity index (χ1v) is 5.51. The molecule has 3 heterocycles.